The fourth-order valence-corrected chi connectivity index (χ4v) is 1.13. The van der Waals surface area contributed by atoms with Gasteiger partial charge in [-0.1, -0.05) is 11.6 Å². The molecular weight excluding hydrogens is 166 g/mol. The minimum absolute atomic E-state index is 0.366. The van der Waals surface area contributed by atoms with Crippen LogP contribution in [0.25, 0.3) is 0 Å². The maximum absolute atomic E-state index is 5.91. The highest BCUT2D eigenvalue weighted by Crippen LogP contribution is 2.19. The molecule has 0 N–H and O–H groups in total. The van der Waals surface area contributed by atoms with Gasteiger partial charge in [-0.15, -0.1) is 0 Å². The van der Waals surface area contributed by atoms with Gasteiger partial charge in [0.1, 0.15) is 5.76 Å². The van der Waals surface area contributed by atoms with E-state index in [4.69, 9.17) is 21.2 Å². The van der Waals surface area contributed by atoms with Crippen molar-refractivity contribution in [2.75, 3.05) is 14.2 Å². The SMILES string of the molecule is COC1=CC=CN(OC)C1Cl. The monoisotopic (exact) mass is 175 g/mol. The summed E-state index contributed by atoms with van der Waals surface area (Å²) in [4.78, 5) is 4.93. The second kappa shape index (κ2) is 3.64. The summed E-state index contributed by atoms with van der Waals surface area (Å²) in [5.41, 5.74) is -0.366. The second-order valence-electron chi connectivity index (χ2n) is 1.99. The molecule has 1 heterocycles. The Labute approximate surface area is 70.8 Å². The molecule has 1 rings (SSSR count). The van der Waals surface area contributed by atoms with Crippen molar-refractivity contribution in [3.63, 3.8) is 0 Å². The maximum Gasteiger partial charge on any atom is 0.186 e. The topological polar surface area (TPSA) is 21.7 Å². The van der Waals surface area contributed by atoms with Gasteiger partial charge >= 0.3 is 0 Å². The summed E-state index contributed by atoms with van der Waals surface area (Å²) in [6.45, 7) is 0. The number of halogens is 1. The van der Waals surface area contributed by atoms with Crippen molar-refractivity contribution in [1.82, 2.24) is 5.06 Å². The fourth-order valence-electron chi connectivity index (χ4n) is 0.822. The highest BCUT2D eigenvalue weighted by Gasteiger charge is 2.19. The van der Waals surface area contributed by atoms with E-state index in [1.807, 2.05) is 0 Å². The zero-order valence-electron chi connectivity index (χ0n) is 6.45. The largest absolute Gasteiger partial charge is 0.497 e. The van der Waals surface area contributed by atoms with E-state index < -0.39 is 0 Å². The van der Waals surface area contributed by atoms with Crippen LogP contribution in [-0.4, -0.2) is 24.8 Å². The summed E-state index contributed by atoms with van der Waals surface area (Å²) in [7, 11) is 3.13. The number of hydroxylamine groups is 2. The number of methoxy groups -OCH3 is 1. The Kier molecular flexibility index (Phi) is 2.79. The van der Waals surface area contributed by atoms with E-state index >= 15 is 0 Å². The Morgan fingerprint density at radius 3 is 2.82 bits per heavy atom. The van der Waals surface area contributed by atoms with E-state index in [0.717, 1.165) is 0 Å². The summed E-state index contributed by atoms with van der Waals surface area (Å²) < 4.78 is 4.99. The zero-order valence-corrected chi connectivity index (χ0v) is 7.21. The van der Waals surface area contributed by atoms with Gasteiger partial charge < -0.3 is 4.74 Å². The van der Waals surface area contributed by atoms with Crippen LogP contribution >= 0.6 is 11.6 Å². The molecule has 0 aromatic heterocycles. The lowest BCUT2D eigenvalue weighted by Gasteiger charge is -2.26. The summed E-state index contributed by atoms with van der Waals surface area (Å²) >= 11 is 5.91. The molecule has 0 amide bonds. The van der Waals surface area contributed by atoms with E-state index in [0.29, 0.717) is 5.76 Å². The Bertz CT molecular complexity index is 191. The van der Waals surface area contributed by atoms with Gasteiger partial charge in [0.25, 0.3) is 0 Å². The van der Waals surface area contributed by atoms with Crippen LogP contribution in [0.1, 0.15) is 0 Å². The van der Waals surface area contributed by atoms with Crippen molar-refractivity contribution in [3.8, 4) is 0 Å². The van der Waals surface area contributed by atoms with E-state index in [1.165, 1.54) is 5.06 Å². The molecule has 0 saturated carbocycles. The minimum atomic E-state index is -0.366. The van der Waals surface area contributed by atoms with Gasteiger partial charge in [0, 0.05) is 6.20 Å². The Balaban J connectivity index is 2.68. The molecule has 0 aromatic rings. The van der Waals surface area contributed by atoms with Gasteiger partial charge in [-0.2, -0.15) is 0 Å². The van der Waals surface area contributed by atoms with Crippen LogP contribution in [0.5, 0.6) is 0 Å². The first kappa shape index (κ1) is 8.43. The number of allylic oxidation sites excluding steroid dienone is 2. The van der Waals surface area contributed by atoms with E-state index in [-0.39, 0.29) is 5.50 Å². The molecule has 1 atom stereocenters. The first-order valence-corrected chi connectivity index (χ1v) is 3.62. The normalized spacial score (nSPS) is 23.4. The van der Waals surface area contributed by atoms with Gasteiger partial charge in [0.15, 0.2) is 5.50 Å². The lowest BCUT2D eigenvalue weighted by molar-refractivity contribution is -0.100. The fraction of sp³-hybridized carbons (Fsp3) is 0.429. The third kappa shape index (κ3) is 1.67. The minimum Gasteiger partial charge on any atom is -0.497 e. The molecule has 0 aliphatic carbocycles. The van der Waals surface area contributed by atoms with Gasteiger partial charge in [-0.3, -0.25) is 4.84 Å². The molecule has 62 valence electrons. The summed E-state index contributed by atoms with van der Waals surface area (Å²) in [5, 5.41) is 1.50. The van der Waals surface area contributed by atoms with Crippen molar-refractivity contribution < 1.29 is 9.57 Å². The third-order valence-electron chi connectivity index (χ3n) is 1.40. The van der Waals surface area contributed by atoms with Crippen molar-refractivity contribution in [2.24, 2.45) is 0 Å². The summed E-state index contributed by atoms with van der Waals surface area (Å²) in [6, 6.07) is 0. The Morgan fingerprint density at radius 1 is 1.55 bits per heavy atom. The van der Waals surface area contributed by atoms with Gasteiger partial charge in [-0.25, -0.2) is 5.06 Å². The molecule has 0 fully saturated rings. The van der Waals surface area contributed by atoms with E-state index in [1.54, 1.807) is 32.6 Å². The lowest BCUT2D eigenvalue weighted by atomic mass is 10.3. The molecule has 1 aliphatic heterocycles. The molecule has 0 aromatic carbocycles. The lowest BCUT2D eigenvalue weighted by Crippen LogP contribution is -2.29. The van der Waals surface area contributed by atoms with Crippen LogP contribution in [0.15, 0.2) is 24.1 Å². The van der Waals surface area contributed by atoms with Crippen molar-refractivity contribution in [1.29, 1.82) is 0 Å². The molecule has 0 radical (unpaired) electrons. The predicted molar refractivity (Wildman–Crippen MR) is 42.7 cm³/mol. The first-order valence-electron chi connectivity index (χ1n) is 3.18. The molecule has 11 heavy (non-hydrogen) atoms. The zero-order chi connectivity index (χ0) is 8.27. The van der Waals surface area contributed by atoms with Crippen LogP contribution in [-0.2, 0) is 9.57 Å². The quantitative estimate of drug-likeness (QED) is 0.469. The first-order chi connectivity index (χ1) is 5.29. The Morgan fingerprint density at radius 2 is 2.27 bits per heavy atom. The van der Waals surface area contributed by atoms with E-state index in [9.17, 15) is 0 Å². The highest BCUT2D eigenvalue weighted by atomic mass is 35.5. The molecular formula is C7H10ClNO2. The van der Waals surface area contributed by atoms with Crippen LogP contribution < -0.4 is 0 Å². The summed E-state index contributed by atoms with van der Waals surface area (Å²) in [6.07, 6.45) is 5.34. The number of ether oxygens (including phenoxy) is 1. The average Bonchev–Trinajstić information content (AvgIpc) is 2.05. The smallest absolute Gasteiger partial charge is 0.186 e. The maximum atomic E-state index is 5.91. The number of hydrogen-bond acceptors (Lipinski definition) is 3. The highest BCUT2D eigenvalue weighted by molar-refractivity contribution is 6.21. The molecule has 1 aliphatic rings. The van der Waals surface area contributed by atoms with Crippen LogP contribution in [0.4, 0.5) is 0 Å². The predicted octanol–water partition coefficient (Wildman–Crippen LogP) is 1.47. The standard InChI is InChI=1S/C7H10ClNO2/c1-10-6-4-3-5-9(11-2)7(6)8/h3-5,7H,1-2H3. The number of hydrogen-bond donors (Lipinski definition) is 0. The molecule has 0 spiro atoms. The van der Waals surface area contributed by atoms with Crippen LogP contribution in [0, 0.1) is 0 Å². The van der Waals surface area contributed by atoms with Crippen molar-refractivity contribution >= 4 is 11.6 Å². The second-order valence-corrected chi connectivity index (χ2v) is 2.41. The Hall–Kier alpha value is -0.670. The van der Waals surface area contributed by atoms with Crippen molar-refractivity contribution in [3.05, 3.63) is 24.1 Å². The van der Waals surface area contributed by atoms with Crippen LogP contribution in [0.3, 0.4) is 0 Å². The molecule has 3 nitrogen and oxygen atoms in total. The molecule has 4 heteroatoms. The average molecular weight is 176 g/mol. The number of rotatable bonds is 2. The van der Waals surface area contributed by atoms with Crippen molar-refractivity contribution in [2.45, 2.75) is 5.50 Å². The van der Waals surface area contributed by atoms with E-state index in [2.05, 4.69) is 0 Å². The third-order valence-corrected chi connectivity index (χ3v) is 1.81. The van der Waals surface area contributed by atoms with Gasteiger partial charge in [0.05, 0.1) is 14.2 Å². The number of alkyl halides is 1. The number of nitrogens with zero attached hydrogens (tertiary/aromatic N) is 1. The molecule has 0 saturated heterocycles. The van der Waals surface area contributed by atoms with Gasteiger partial charge in [-0.05, 0) is 12.2 Å². The molecule has 0 bridgehead atoms. The van der Waals surface area contributed by atoms with Gasteiger partial charge in [0.2, 0.25) is 0 Å². The van der Waals surface area contributed by atoms with Crippen LogP contribution in [0.2, 0.25) is 0 Å². The molecule has 1 unspecified atom stereocenters. The summed E-state index contributed by atoms with van der Waals surface area (Å²) in [5.74, 6) is 0.677.